The summed E-state index contributed by atoms with van der Waals surface area (Å²) in [6.07, 6.45) is 0. The normalized spacial score (nSPS) is 10.9. The number of carbonyl (C=O) groups is 1. The Labute approximate surface area is 171 Å². The quantitative estimate of drug-likeness (QED) is 0.193. The molecular weight excluding hydrogens is 399 g/mol. The van der Waals surface area contributed by atoms with Crippen molar-refractivity contribution in [3.05, 3.63) is 108 Å². The van der Waals surface area contributed by atoms with Crippen molar-refractivity contribution in [1.82, 2.24) is 0 Å². The first-order chi connectivity index (χ1) is 13.8. The maximum atomic E-state index is 12.6. The molecule has 0 aromatic heterocycles. The number of benzene rings is 3. The second-order valence-electron chi connectivity index (χ2n) is 6.30. The summed E-state index contributed by atoms with van der Waals surface area (Å²) in [5, 5.41) is 0. The summed E-state index contributed by atoms with van der Waals surface area (Å²) in [6.45, 7) is 0. The Hall–Kier alpha value is -2.54. The number of Topliss-reactive ketones (excluding diaryl/α,β-unsaturated/α-hetero) is 1. The molecule has 3 rings (SSSR count). The van der Waals surface area contributed by atoms with E-state index in [0.29, 0.717) is 5.75 Å². The van der Waals surface area contributed by atoms with Gasteiger partial charge in [0.05, 0.1) is 0 Å². The molecule has 0 unspecified atom stereocenters. The van der Waals surface area contributed by atoms with Crippen LogP contribution in [0.2, 0.25) is 0 Å². The maximum Gasteiger partial charge on any atom is 0.673 e. The average Bonchev–Trinajstić information content (AvgIpc) is 2.69. The third-order valence-corrected chi connectivity index (χ3v) is 6.01. The molecule has 0 aliphatic carbocycles. The molecule has 0 bridgehead atoms. The SMILES string of the molecule is F[B-](F)(F)F.O=C(C[S+](Cc1ccccc1)Cc1ccccc1)c1ccccc1. The first-order valence-electron chi connectivity index (χ1n) is 8.99. The Kier molecular flexibility index (Phi) is 8.99. The van der Waals surface area contributed by atoms with Crippen molar-refractivity contribution >= 4 is 23.9 Å². The summed E-state index contributed by atoms with van der Waals surface area (Å²) >= 11 is 0. The van der Waals surface area contributed by atoms with E-state index in [4.69, 9.17) is 0 Å². The van der Waals surface area contributed by atoms with E-state index in [1.54, 1.807) is 0 Å². The van der Waals surface area contributed by atoms with Crippen molar-refractivity contribution in [2.24, 2.45) is 0 Å². The third kappa shape index (κ3) is 9.99. The van der Waals surface area contributed by atoms with E-state index in [1.165, 1.54) is 11.1 Å². The maximum absolute atomic E-state index is 12.6. The minimum absolute atomic E-state index is 0.00655. The van der Waals surface area contributed by atoms with Crippen molar-refractivity contribution in [2.75, 3.05) is 5.75 Å². The predicted molar refractivity (Wildman–Crippen MR) is 113 cm³/mol. The molecule has 0 amide bonds. The zero-order chi connectivity index (χ0) is 21.1. The number of halogens is 4. The molecule has 0 radical (unpaired) electrons. The van der Waals surface area contributed by atoms with Gasteiger partial charge in [-0.2, -0.15) is 0 Å². The minimum Gasteiger partial charge on any atom is -0.418 e. The average molecular weight is 420 g/mol. The molecular formula is C22H21BF4OS. The van der Waals surface area contributed by atoms with E-state index < -0.39 is 7.25 Å². The second-order valence-corrected chi connectivity index (χ2v) is 8.39. The van der Waals surface area contributed by atoms with Crippen molar-refractivity contribution in [3.63, 3.8) is 0 Å². The van der Waals surface area contributed by atoms with Crippen LogP contribution in [-0.4, -0.2) is 18.8 Å². The number of carbonyl (C=O) groups excluding carboxylic acids is 1. The molecule has 29 heavy (non-hydrogen) atoms. The summed E-state index contributed by atoms with van der Waals surface area (Å²) in [4.78, 5) is 12.6. The van der Waals surface area contributed by atoms with Gasteiger partial charge >= 0.3 is 7.25 Å². The van der Waals surface area contributed by atoms with Gasteiger partial charge in [0.25, 0.3) is 0 Å². The van der Waals surface area contributed by atoms with Crippen molar-refractivity contribution in [2.45, 2.75) is 11.5 Å². The van der Waals surface area contributed by atoms with Crippen LogP contribution in [0.1, 0.15) is 21.5 Å². The molecule has 3 aromatic rings. The zero-order valence-corrected chi connectivity index (χ0v) is 16.5. The zero-order valence-electron chi connectivity index (χ0n) is 15.7. The van der Waals surface area contributed by atoms with E-state index in [1.807, 2.05) is 42.5 Å². The van der Waals surface area contributed by atoms with Crippen molar-refractivity contribution < 1.29 is 22.1 Å². The van der Waals surface area contributed by atoms with Crippen LogP contribution >= 0.6 is 0 Å². The van der Waals surface area contributed by atoms with Gasteiger partial charge in [-0.15, -0.1) is 0 Å². The van der Waals surface area contributed by atoms with E-state index in [9.17, 15) is 22.1 Å². The highest BCUT2D eigenvalue weighted by Gasteiger charge is 2.24. The molecule has 0 N–H and O–H groups in total. The largest absolute Gasteiger partial charge is 0.673 e. The van der Waals surface area contributed by atoms with E-state index >= 15 is 0 Å². The van der Waals surface area contributed by atoms with Gasteiger partial charge in [0, 0.05) is 27.6 Å². The van der Waals surface area contributed by atoms with Crippen LogP contribution in [0.25, 0.3) is 0 Å². The number of hydrogen-bond acceptors (Lipinski definition) is 1. The Bertz CT molecular complexity index is 811. The second kappa shape index (κ2) is 11.5. The monoisotopic (exact) mass is 420 g/mol. The topological polar surface area (TPSA) is 17.1 Å². The number of hydrogen-bond donors (Lipinski definition) is 0. The van der Waals surface area contributed by atoms with E-state index in [-0.39, 0.29) is 16.7 Å². The molecule has 7 heteroatoms. The molecule has 0 saturated heterocycles. The first kappa shape index (κ1) is 22.8. The Morgan fingerprint density at radius 2 is 1.00 bits per heavy atom. The molecule has 3 aromatic carbocycles. The van der Waals surface area contributed by atoms with Crippen LogP contribution in [0.4, 0.5) is 17.3 Å². The van der Waals surface area contributed by atoms with Gasteiger partial charge < -0.3 is 17.3 Å². The van der Waals surface area contributed by atoms with Gasteiger partial charge in [0.15, 0.2) is 5.75 Å². The highest BCUT2D eigenvalue weighted by Crippen LogP contribution is 2.17. The highest BCUT2D eigenvalue weighted by atomic mass is 32.2. The summed E-state index contributed by atoms with van der Waals surface area (Å²) in [7, 11) is -6.01. The predicted octanol–water partition coefficient (Wildman–Crippen LogP) is 6.19. The van der Waals surface area contributed by atoms with Gasteiger partial charge in [-0.3, -0.25) is 4.79 Å². The Morgan fingerprint density at radius 3 is 1.38 bits per heavy atom. The van der Waals surface area contributed by atoms with Crippen LogP contribution in [-0.2, 0) is 22.4 Å². The molecule has 152 valence electrons. The molecule has 1 nitrogen and oxygen atoms in total. The summed E-state index contributed by atoms with van der Waals surface area (Å²) in [6, 6.07) is 30.6. The van der Waals surface area contributed by atoms with Crippen molar-refractivity contribution in [1.29, 1.82) is 0 Å². The molecule has 0 spiro atoms. The van der Waals surface area contributed by atoms with Crippen LogP contribution < -0.4 is 0 Å². The fourth-order valence-corrected chi connectivity index (χ4v) is 4.84. The lowest BCUT2D eigenvalue weighted by atomic mass is 10.2. The first-order valence-corrected chi connectivity index (χ1v) is 10.7. The van der Waals surface area contributed by atoms with Crippen LogP contribution in [0.15, 0.2) is 91.0 Å². The molecule has 0 atom stereocenters. The molecule has 0 aliphatic heterocycles. The number of ketones is 1. The molecule has 0 saturated carbocycles. The fraction of sp³-hybridized carbons (Fsp3) is 0.136. The smallest absolute Gasteiger partial charge is 0.418 e. The number of rotatable bonds is 7. The lowest BCUT2D eigenvalue weighted by molar-refractivity contribution is 0.102. The Morgan fingerprint density at radius 1 is 0.655 bits per heavy atom. The van der Waals surface area contributed by atoms with Gasteiger partial charge in [-0.1, -0.05) is 91.0 Å². The Balaban J connectivity index is 0.000000537. The van der Waals surface area contributed by atoms with Gasteiger partial charge in [0.2, 0.25) is 5.78 Å². The fourth-order valence-electron chi connectivity index (χ4n) is 2.67. The van der Waals surface area contributed by atoms with E-state index in [0.717, 1.165) is 17.1 Å². The third-order valence-electron chi connectivity index (χ3n) is 3.86. The van der Waals surface area contributed by atoms with Crippen LogP contribution in [0.5, 0.6) is 0 Å². The minimum atomic E-state index is -6.00. The van der Waals surface area contributed by atoms with Gasteiger partial charge in [-0.05, 0) is 0 Å². The summed E-state index contributed by atoms with van der Waals surface area (Å²) < 4.78 is 39.0. The lowest BCUT2D eigenvalue weighted by Crippen LogP contribution is -2.20. The molecule has 0 heterocycles. The van der Waals surface area contributed by atoms with Crippen LogP contribution in [0, 0.1) is 0 Å². The summed E-state index contributed by atoms with van der Waals surface area (Å²) in [5.41, 5.74) is 3.42. The standard InChI is InChI=1S/C22H21OS.BF4/c23-22(21-14-8-3-9-15-21)18-24(16-19-10-4-1-5-11-19)17-20-12-6-2-7-13-20;2-1(3,4)5/h1-15H,16-18H2;/q+1;-1. The van der Waals surface area contributed by atoms with Crippen LogP contribution in [0.3, 0.4) is 0 Å². The van der Waals surface area contributed by atoms with E-state index in [2.05, 4.69) is 48.5 Å². The lowest BCUT2D eigenvalue weighted by Gasteiger charge is -2.09. The molecule has 0 fully saturated rings. The van der Waals surface area contributed by atoms with Crippen molar-refractivity contribution in [3.8, 4) is 0 Å². The van der Waals surface area contributed by atoms with Gasteiger partial charge in [0.1, 0.15) is 11.5 Å². The highest BCUT2D eigenvalue weighted by molar-refractivity contribution is 7.96. The van der Waals surface area contributed by atoms with Gasteiger partial charge in [-0.25, -0.2) is 0 Å². The summed E-state index contributed by atoms with van der Waals surface area (Å²) in [5.74, 6) is 2.75. The molecule has 0 aliphatic rings.